The topological polar surface area (TPSA) is 69.0 Å². The lowest BCUT2D eigenvalue weighted by Gasteiger charge is -2.15. The molecule has 0 spiro atoms. The molecule has 0 unspecified atom stereocenters. The van der Waals surface area contributed by atoms with Crippen molar-refractivity contribution in [2.45, 2.75) is 13.0 Å². The lowest BCUT2D eigenvalue weighted by atomic mass is 10.1. The van der Waals surface area contributed by atoms with Gasteiger partial charge in [-0.1, -0.05) is 12.1 Å². The molecule has 128 valence electrons. The van der Waals surface area contributed by atoms with Gasteiger partial charge in [0.25, 0.3) is 5.91 Å². The first-order chi connectivity index (χ1) is 12.1. The molecule has 0 saturated heterocycles. The average Bonchev–Trinajstić information content (AvgIpc) is 3.16. The van der Waals surface area contributed by atoms with E-state index in [0.717, 1.165) is 17.3 Å². The van der Waals surface area contributed by atoms with Gasteiger partial charge in [-0.05, 0) is 42.8 Å². The summed E-state index contributed by atoms with van der Waals surface area (Å²) in [4.78, 5) is 16.2. The number of hydrogen-bond acceptors (Lipinski definition) is 4. The van der Waals surface area contributed by atoms with Gasteiger partial charge < -0.3 is 10.1 Å². The molecule has 1 aromatic heterocycles. The standard InChI is InChI=1S/C18H17FN4O2/c1-12(13-3-6-15(7-4-13)23-11-20-10-21-23)22-18(24)14-5-8-17(25-2)16(19)9-14/h3-12H,1-2H3,(H,22,24)/t12-/m0/s1. The zero-order valence-electron chi connectivity index (χ0n) is 13.8. The van der Waals surface area contributed by atoms with Crippen molar-refractivity contribution < 1.29 is 13.9 Å². The number of aromatic nitrogens is 3. The highest BCUT2D eigenvalue weighted by Gasteiger charge is 2.14. The minimum Gasteiger partial charge on any atom is -0.494 e. The Balaban J connectivity index is 1.70. The summed E-state index contributed by atoms with van der Waals surface area (Å²) in [6, 6.07) is 11.5. The number of carbonyl (C=O) groups excluding carboxylic acids is 1. The molecule has 1 N–H and O–H groups in total. The molecule has 1 amide bonds. The number of nitrogens with one attached hydrogen (secondary N) is 1. The number of nitrogens with zero attached hydrogens (tertiary/aromatic N) is 3. The average molecular weight is 340 g/mol. The Kier molecular flexibility index (Phi) is 4.74. The molecule has 0 aliphatic carbocycles. The molecule has 3 aromatic rings. The van der Waals surface area contributed by atoms with Crippen LogP contribution < -0.4 is 10.1 Å². The molecule has 0 radical (unpaired) electrons. The van der Waals surface area contributed by atoms with Gasteiger partial charge >= 0.3 is 0 Å². The Bertz CT molecular complexity index is 863. The van der Waals surface area contributed by atoms with Crippen LogP contribution in [0.25, 0.3) is 5.69 Å². The van der Waals surface area contributed by atoms with E-state index in [1.165, 1.54) is 25.6 Å². The monoisotopic (exact) mass is 340 g/mol. The maximum absolute atomic E-state index is 13.7. The second-order valence-electron chi connectivity index (χ2n) is 5.48. The Hall–Kier alpha value is -3.22. The third-order valence-electron chi connectivity index (χ3n) is 3.84. The number of ether oxygens (including phenoxy) is 1. The van der Waals surface area contributed by atoms with Crippen LogP contribution in [0.5, 0.6) is 5.75 Å². The van der Waals surface area contributed by atoms with Crippen molar-refractivity contribution in [3.63, 3.8) is 0 Å². The van der Waals surface area contributed by atoms with E-state index >= 15 is 0 Å². The molecule has 0 fully saturated rings. The first-order valence-electron chi connectivity index (χ1n) is 7.68. The van der Waals surface area contributed by atoms with E-state index in [1.807, 2.05) is 31.2 Å². The Morgan fingerprint density at radius 3 is 2.60 bits per heavy atom. The van der Waals surface area contributed by atoms with Gasteiger partial charge in [0.1, 0.15) is 12.7 Å². The number of hydrogen-bond donors (Lipinski definition) is 1. The predicted octanol–water partition coefficient (Wildman–Crippen LogP) is 2.91. The van der Waals surface area contributed by atoms with Gasteiger partial charge in [-0.3, -0.25) is 4.79 Å². The number of rotatable bonds is 5. The number of methoxy groups -OCH3 is 1. The fraction of sp³-hybridized carbons (Fsp3) is 0.167. The maximum atomic E-state index is 13.7. The van der Waals surface area contributed by atoms with Gasteiger partial charge in [-0.2, -0.15) is 5.10 Å². The number of carbonyl (C=O) groups is 1. The number of amides is 1. The van der Waals surface area contributed by atoms with Crippen LogP contribution in [0.1, 0.15) is 28.9 Å². The summed E-state index contributed by atoms with van der Waals surface area (Å²) in [5.41, 5.74) is 2.03. The maximum Gasteiger partial charge on any atom is 0.251 e. The van der Waals surface area contributed by atoms with Crippen molar-refractivity contribution in [3.05, 3.63) is 72.1 Å². The fourth-order valence-corrected chi connectivity index (χ4v) is 2.43. The molecule has 6 nitrogen and oxygen atoms in total. The molecule has 0 saturated carbocycles. The normalized spacial score (nSPS) is 11.8. The van der Waals surface area contributed by atoms with Crippen molar-refractivity contribution in [2.75, 3.05) is 7.11 Å². The van der Waals surface area contributed by atoms with Crippen LogP contribution in [0.2, 0.25) is 0 Å². The molecule has 3 rings (SSSR count). The van der Waals surface area contributed by atoms with Crippen molar-refractivity contribution >= 4 is 5.91 Å². The first-order valence-corrected chi connectivity index (χ1v) is 7.68. The first kappa shape index (κ1) is 16.6. The van der Waals surface area contributed by atoms with Crippen LogP contribution in [0, 0.1) is 5.82 Å². The summed E-state index contributed by atoms with van der Waals surface area (Å²) in [6.45, 7) is 1.86. The lowest BCUT2D eigenvalue weighted by Crippen LogP contribution is -2.26. The largest absolute Gasteiger partial charge is 0.494 e. The van der Waals surface area contributed by atoms with Crippen LogP contribution in [0.4, 0.5) is 4.39 Å². The highest BCUT2D eigenvalue weighted by Crippen LogP contribution is 2.19. The van der Waals surface area contributed by atoms with Crippen molar-refractivity contribution in [1.29, 1.82) is 0 Å². The minimum atomic E-state index is -0.569. The lowest BCUT2D eigenvalue weighted by molar-refractivity contribution is 0.0939. The Labute approximate surface area is 144 Å². The highest BCUT2D eigenvalue weighted by atomic mass is 19.1. The van der Waals surface area contributed by atoms with E-state index in [9.17, 15) is 9.18 Å². The van der Waals surface area contributed by atoms with Gasteiger partial charge in [0.05, 0.1) is 18.8 Å². The summed E-state index contributed by atoms with van der Waals surface area (Å²) in [5.74, 6) is -0.817. The Morgan fingerprint density at radius 2 is 2.00 bits per heavy atom. The molecule has 2 aromatic carbocycles. The van der Waals surface area contributed by atoms with E-state index in [-0.39, 0.29) is 23.3 Å². The summed E-state index contributed by atoms with van der Waals surface area (Å²) >= 11 is 0. The molecule has 1 atom stereocenters. The Morgan fingerprint density at radius 1 is 1.24 bits per heavy atom. The minimum absolute atomic E-state index is 0.105. The van der Waals surface area contributed by atoms with Crippen molar-refractivity contribution in [3.8, 4) is 11.4 Å². The van der Waals surface area contributed by atoms with Gasteiger partial charge in [-0.25, -0.2) is 14.1 Å². The summed E-state index contributed by atoms with van der Waals surface area (Å²) in [5, 5.41) is 6.91. The summed E-state index contributed by atoms with van der Waals surface area (Å²) in [7, 11) is 1.38. The smallest absolute Gasteiger partial charge is 0.251 e. The summed E-state index contributed by atoms with van der Waals surface area (Å²) in [6.07, 6.45) is 3.07. The third kappa shape index (κ3) is 3.65. The molecular formula is C18H17FN4O2. The van der Waals surface area contributed by atoms with E-state index in [4.69, 9.17) is 4.74 Å². The molecule has 0 bridgehead atoms. The number of halogens is 1. The predicted molar refractivity (Wildman–Crippen MR) is 90.2 cm³/mol. The van der Waals surface area contributed by atoms with Gasteiger partial charge in [0.15, 0.2) is 11.6 Å². The van der Waals surface area contributed by atoms with E-state index in [0.29, 0.717) is 0 Å². The highest BCUT2D eigenvalue weighted by molar-refractivity contribution is 5.94. The molecule has 25 heavy (non-hydrogen) atoms. The molecule has 7 heteroatoms. The molecule has 0 aliphatic rings. The van der Waals surface area contributed by atoms with E-state index < -0.39 is 5.82 Å². The van der Waals surface area contributed by atoms with Crippen LogP contribution in [0.3, 0.4) is 0 Å². The third-order valence-corrected chi connectivity index (χ3v) is 3.84. The van der Waals surface area contributed by atoms with Gasteiger partial charge in [0.2, 0.25) is 0 Å². The zero-order chi connectivity index (χ0) is 17.8. The summed E-state index contributed by atoms with van der Waals surface area (Å²) < 4.78 is 20.2. The van der Waals surface area contributed by atoms with Crippen LogP contribution in [-0.4, -0.2) is 27.8 Å². The quantitative estimate of drug-likeness (QED) is 0.775. The molecule has 0 aliphatic heterocycles. The SMILES string of the molecule is COc1ccc(C(=O)N[C@@H](C)c2ccc(-n3cncn3)cc2)cc1F. The number of benzene rings is 2. The van der Waals surface area contributed by atoms with Gasteiger partial charge in [0, 0.05) is 5.56 Å². The molecular weight excluding hydrogens is 323 g/mol. The van der Waals surface area contributed by atoms with E-state index in [2.05, 4.69) is 15.4 Å². The van der Waals surface area contributed by atoms with Crippen molar-refractivity contribution in [2.24, 2.45) is 0 Å². The fourth-order valence-electron chi connectivity index (χ4n) is 2.43. The second kappa shape index (κ2) is 7.12. The van der Waals surface area contributed by atoms with Crippen LogP contribution in [0.15, 0.2) is 55.1 Å². The van der Waals surface area contributed by atoms with E-state index in [1.54, 1.807) is 11.0 Å². The van der Waals surface area contributed by atoms with Crippen molar-refractivity contribution in [1.82, 2.24) is 20.1 Å². The van der Waals surface area contributed by atoms with Crippen LogP contribution in [-0.2, 0) is 0 Å². The van der Waals surface area contributed by atoms with Gasteiger partial charge in [-0.15, -0.1) is 0 Å². The second-order valence-corrected chi connectivity index (χ2v) is 5.48. The zero-order valence-corrected chi connectivity index (χ0v) is 13.8. The molecule has 1 heterocycles. The van der Waals surface area contributed by atoms with Crippen LogP contribution >= 0.6 is 0 Å².